The van der Waals surface area contributed by atoms with Crippen LogP contribution in [0.25, 0.3) is 0 Å². The molecule has 0 bridgehead atoms. The molecule has 0 spiro atoms. The molecule has 0 aliphatic heterocycles. The summed E-state index contributed by atoms with van der Waals surface area (Å²) in [6, 6.07) is 4.96. The number of anilines is 1. The van der Waals surface area contributed by atoms with Gasteiger partial charge in [0.2, 0.25) is 0 Å². The standard InChI is InChI=1S/C15H24BrN/c1-10(2)6-7-13(5)17-14-8-11(3)15(16)12(4)9-14/h8-10,13,17H,6-7H2,1-5H3. The summed E-state index contributed by atoms with van der Waals surface area (Å²) in [5.74, 6) is 0.785. The van der Waals surface area contributed by atoms with Crippen molar-refractivity contribution < 1.29 is 0 Å². The zero-order valence-electron chi connectivity index (χ0n) is 11.6. The Morgan fingerprint density at radius 3 is 2.06 bits per heavy atom. The molecule has 0 aliphatic carbocycles. The Kier molecular flexibility index (Phi) is 5.51. The lowest BCUT2D eigenvalue weighted by atomic mass is 10.0. The molecule has 1 aromatic carbocycles. The highest BCUT2D eigenvalue weighted by Crippen LogP contribution is 2.25. The number of hydrogen-bond acceptors (Lipinski definition) is 1. The van der Waals surface area contributed by atoms with Gasteiger partial charge in [0.05, 0.1) is 0 Å². The minimum Gasteiger partial charge on any atom is -0.383 e. The summed E-state index contributed by atoms with van der Waals surface area (Å²) in [7, 11) is 0. The van der Waals surface area contributed by atoms with Crippen molar-refractivity contribution in [3.63, 3.8) is 0 Å². The SMILES string of the molecule is Cc1cc(NC(C)CCC(C)C)cc(C)c1Br. The number of hydrogen-bond donors (Lipinski definition) is 1. The lowest BCUT2D eigenvalue weighted by molar-refractivity contribution is 0.527. The number of benzene rings is 1. The van der Waals surface area contributed by atoms with Gasteiger partial charge in [-0.2, -0.15) is 0 Å². The van der Waals surface area contributed by atoms with E-state index in [0.717, 1.165) is 5.92 Å². The molecule has 0 saturated carbocycles. The Bertz CT molecular complexity index is 348. The van der Waals surface area contributed by atoms with Gasteiger partial charge in [0.15, 0.2) is 0 Å². The van der Waals surface area contributed by atoms with E-state index in [1.165, 1.54) is 34.1 Å². The second kappa shape index (κ2) is 6.44. The second-order valence-corrected chi connectivity index (χ2v) is 6.23. The Balaban J connectivity index is 2.62. The van der Waals surface area contributed by atoms with Gasteiger partial charge in [-0.05, 0) is 62.8 Å². The third kappa shape index (κ3) is 4.71. The lowest BCUT2D eigenvalue weighted by Gasteiger charge is -2.18. The maximum atomic E-state index is 3.60. The van der Waals surface area contributed by atoms with Gasteiger partial charge < -0.3 is 5.32 Å². The lowest BCUT2D eigenvalue weighted by Crippen LogP contribution is -2.16. The van der Waals surface area contributed by atoms with Gasteiger partial charge >= 0.3 is 0 Å². The van der Waals surface area contributed by atoms with Crippen LogP contribution in [0.15, 0.2) is 16.6 Å². The van der Waals surface area contributed by atoms with Crippen molar-refractivity contribution in [1.82, 2.24) is 0 Å². The average molecular weight is 298 g/mol. The maximum absolute atomic E-state index is 3.60. The third-order valence-electron chi connectivity index (χ3n) is 3.03. The Hall–Kier alpha value is -0.500. The van der Waals surface area contributed by atoms with Crippen LogP contribution < -0.4 is 5.32 Å². The minimum absolute atomic E-state index is 0.539. The van der Waals surface area contributed by atoms with Gasteiger partial charge in [-0.15, -0.1) is 0 Å². The molecule has 0 aliphatic rings. The fraction of sp³-hybridized carbons (Fsp3) is 0.600. The fourth-order valence-electron chi connectivity index (χ4n) is 1.97. The topological polar surface area (TPSA) is 12.0 Å². The molecule has 1 N–H and O–H groups in total. The van der Waals surface area contributed by atoms with Crippen LogP contribution in [-0.4, -0.2) is 6.04 Å². The molecule has 1 atom stereocenters. The molecular weight excluding hydrogens is 274 g/mol. The van der Waals surface area contributed by atoms with E-state index in [0.29, 0.717) is 6.04 Å². The van der Waals surface area contributed by atoms with E-state index in [1.807, 2.05) is 0 Å². The minimum atomic E-state index is 0.539. The predicted molar refractivity (Wildman–Crippen MR) is 80.8 cm³/mol. The van der Waals surface area contributed by atoms with Crippen LogP contribution in [0.3, 0.4) is 0 Å². The van der Waals surface area contributed by atoms with Crippen molar-refractivity contribution in [3.8, 4) is 0 Å². The monoisotopic (exact) mass is 297 g/mol. The first-order valence-electron chi connectivity index (χ1n) is 6.43. The van der Waals surface area contributed by atoms with Gasteiger partial charge in [-0.1, -0.05) is 29.8 Å². The van der Waals surface area contributed by atoms with Gasteiger partial charge in [0, 0.05) is 16.2 Å². The highest BCUT2D eigenvalue weighted by molar-refractivity contribution is 9.10. The summed E-state index contributed by atoms with van der Waals surface area (Å²) in [6.45, 7) is 11.1. The Morgan fingerprint density at radius 2 is 1.59 bits per heavy atom. The van der Waals surface area contributed by atoms with Crippen molar-refractivity contribution in [2.75, 3.05) is 5.32 Å². The molecule has 2 heteroatoms. The molecule has 1 rings (SSSR count). The van der Waals surface area contributed by atoms with E-state index in [9.17, 15) is 0 Å². The van der Waals surface area contributed by atoms with Gasteiger partial charge in [-0.25, -0.2) is 0 Å². The van der Waals surface area contributed by atoms with Crippen LogP contribution in [0.4, 0.5) is 5.69 Å². The van der Waals surface area contributed by atoms with Crippen molar-refractivity contribution in [3.05, 3.63) is 27.7 Å². The molecule has 0 heterocycles. The average Bonchev–Trinajstić information content (AvgIpc) is 2.23. The molecule has 17 heavy (non-hydrogen) atoms. The van der Waals surface area contributed by atoms with Gasteiger partial charge in [0.25, 0.3) is 0 Å². The molecule has 0 amide bonds. The maximum Gasteiger partial charge on any atom is 0.0348 e. The van der Waals surface area contributed by atoms with Crippen LogP contribution in [-0.2, 0) is 0 Å². The van der Waals surface area contributed by atoms with Gasteiger partial charge in [0.1, 0.15) is 0 Å². The smallest absolute Gasteiger partial charge is 0.0348 e. The van der Waals surface area contributed by atoms with Gasteiger partial charge in [-0.3, -0.25) is 0 Å². The molecule has 0 saturated heterocycles. The van der Waals surface area contributed by atoms with E-state index in [-0.39, 0.29) is 0 Å². The number of halogens is 1. The fourth-order valence-corrected chi connectivity index (χ4v) is 2.20. The summed E-state index contributed by atoms with van der Waals surface area (Å²) in [6.07, 6.45) is 2.51. The van der Waals surface area contributed by atoms with Crippen molar-refractivity contribution in [2.24, 2.45) is 5.92 Å². The van der Waals surface area contributed by atoms with Crippen molar-refractivity contribution in [1.29, 1.82) is 0 Å². The van der Waals surface area contributed by atoms with Crippen LogP contribution in [0.5, 0.6) is 0 Å². The quantitative estimate of drug-likeness (QED) is 0.777. The molecule has 1 unspecified atom stereocenters. The van der Waals surface area contributed by atoms with Crippen LogP contribution >= 0.6 is 15.9 Å². The zero-order valence-corrected chi connectivity index (χ0v) is 13.2. The normalized spacial score (nSPS) is 12.9. The van der Waals surface area contributed by atoms with E-state index in [4.69, 9.17) is 0 Å². The molecule has 1 nitrogen and oxygen atoms in total. The molecule has 0 radical (unpaired) electrons. The highest BCUT2D eigenvalue weighted by atomic mass is 79.9. The summed E-state index contributed by atoms with van der Waals surface area (Å²) >= 11 is 3.60. The van der Waals surface area contributed by atoms with Crippen LogP contribution in [0.2, 0.25) is 0 Å². The summed E-state index contributed by atoms with van der Waals surface area (Å²) in [4.78, 5) is 0. The largest absolute Gasteiger partial charge is 0.383 e. The molecule has 1 aromatic rings. The van der Waals surface area contributed by atoms with E-state index < -0.39 is 0 Å². The summed E-state index contributed by atoms with van der Waals surface area (Å²) in [5.41, 5.74) is 3.83. The third-order valence-corrected chi connectivity index (χ3v) is 4.28. The number of rotatable bonds is 5. The van der Waals surface area contributed by atoms with Crippen LogP contribution in [0.1, 0.15) is 44.7 Å². The molecule has 0 aromatic heterocycles. The van der Waals surface area contributed by atoms with Crippen molar-refractivity contribution in [2.45, 2.75) is 53.5 Å². The van der Waals surface area contributed by atoms with E-state index >= 15 is 0 Å². The van der Waals surface area contributed by atoms with Crippen molar-refractivity contribution >= 4 is 21.6 Å². The van der Waals surface area contributed by atoms with Crippen LogP contribution in [0, 0.1) is 19.8 Å². The molecule has 0 fully saturated rings. The Labute approximate surface area is 114 Å². The first-order chi connectivity index (χ1) is 7.90. The summed E-state index contributed by atoms with van der Waals surface area (Å²) in [5, 5.41) is 3.59. The highest BCUT2D eigenvalue weighted by Gasteiger charge is 2.06. The Morgan fingerprint density at radius 1 is 1.06 bits per heavy atom. The summed E-state index contributed by atoms with van der Waals surface area (Å²) < 4.78 is 1.22. The zero-order chi connectivity index (χ0) is 13.0. The molecular formula is C15H24BrN. The molecule has 96 valence electrons. The second-order valence-electron chi connectivity index (χ2n) is 5.44. The predicted octanol–water partition coefficient (Wildman–Crippen LogP) is 5.30. The number of aryl methyl sites for hydroxylation is 2. The van der Waals surface area contributed by atoms with E-state index in [1.54, 1.807) is 0 Å². The van der Waals surface area contributed by atoms with E-state index in [2.05, 4.69) is 68.0 Å². The first kappa shape index (κ1) is 14.6. The first-order valence-corrected chi connectivity index (χ1v) is 7.22. The number of nitrogens with one attached hydrogen (secondary N) is 1.